The van der Waals surface area contributed by atoms with Gasteiger partial charge >= 0.3 is 0 Å². The van der Waals surface area contributed by atoms with E-state index in [1.807, 2.05) is 24.3 Å². The van der Waals surface area contributed by atoms with Crippen molar-refractivity contribution in [2.45, 2.75) is 12.8 Å². The van der Waals surface area contributed by atoms with Gasteiger partial charge in [0.25, 0.3) is 0 Å². The summed E-state index contributed by atoms with van der Waals surface area (Å²) in [6.45, 7) is 0. The molecule has 0 heterocycles. The Morgan fingerprint density at radius 2 is 1.85 bits per heavy atom. The first-order chi connectivity index (χ1) is 9.74. The molecule has 0 aromatic heterocycles. The Morgan fingerprint density at radius 3 is 2.50 bits per heavy atom. The molecule has 0 atom stereocenters. The molecule has 0 radical (unpaired) electrons. The van der Waals surface area contributed by atoms with Crippen molar-refractivity contribution in [1.82, 2.24) is 0 Å². The van der Waals surface area contributed by atoms with Crippen LogP contribution in [0.25, 0.3) is 0 Å². The highest BCUT2D eigenvalue weighted by molar-refractivity contribution is 7.79. The Morgan fingerprint density at radius 1 is 1.15 bits per heavy atom. The average molecular weight is 284 g/mol. The van der Waals surface area contributed by atoms with Crippen LogP contribution < -0.4 is 4.74 Å². The van der Waals surface area contributed by atoms with E-state index in [4.69, 9.17) is 17.0 Å². The van der Waals surface area contributed by atoms with Gasteiger partial charge in [0.05, 0.1) is 7.11 Å². The van der Waals surface area contributed by atoms with Crippen molar-refractivity contribution < 1.29 is 9.53 Å². The van der Waals surface area contributed by atoms with Gasteiger partial charge in [-0.05, 0) is 41.8 Å². The molecule has 0 saturated heterocycles. The molecular formula is C17H16O2S. The maximum atomic E-state index is 12.1. The second kappa shape index (κ2) is 6.96. The van der Waals surface area contributed by atoms with Crippen LogP contribution in [-0.2, 0) is 6.42 Å². The van der Waals surface area contributed by atoms with Gasteiger partial charge in [-0.2, -0.15) is 0 Å². The molecular weight excluding hydrogens is 268 g/mol. The van der Waals surface area contributed by atoms with Gasteiger partial charge in [-0.15, -0.1) is 0 Å². The highest BCUT2D eigenvalue weighted by atomic mass is 32.1. The predicted octanol–water partition coefficient (Wildman–Crippen LogP) is 3.86. The van der Waals surface area contributed by atoms with Gasteiger partial charge in [0.2, 0.25) is 0 Å². The number of ketones is 1. The van der Waals surface area contributed by atoms with Crippen molar-refractivity contribution in [3.63, 3.8) is 0 Å². The van der Waals surface area contributed by atoms with Gasteiger partial charge in [0.1, 0.15) is 5.75 Å². The third-order valence-electron chi connectivity index (χ3n) is 3.22. The molecule has 0 spiro atoms. The van der Waals surface area contributed by atoms with E-state index in [2.05, 4.69) is 0 Å². The van der Waals surface area contributed by atoms with Crippen molar-refractivity contribution in [1.29, 1.82) is 0 Å². The second-order valence-corrected chi connectivity index (χ2v) is 4.70. The number of aryl methyl sites for hydroxylation is 1. The monoisotopic (exact) mass is 284 g/mol. The summed E-state index contributed by atoms with van der Waals surface area (Å²) in [6.07, 6.45) is 1.18. The van der Waals surface area contributed by atoms with Gasteiger partial charge in [-0.1, -0.05) is 36.5 Å². The van der Waals surface area contributed by atoms with Crippen LogP contribution in [0.3, 0.4) is 0 Å². The molecule has 0 aliphatic rings. The van der Waals surface area contributed by atoms with Gasteiger partial charge < -0.3 is 4.74 Å². The number of carbonyl (C=O) groups excluding carboxylic acids is 1. The Balaban J connectivity index is 2.02. The number of ether oxygens (including phenoxy) is 1. The van der Waals surface area contributed by atoms with Gasteiger partial charge in [-0.3, -0.25) is 4.79 Å². The fourth-order valence-electron chi connectivity index (χ4n) is 2.05. The van der Waals surface area contributed by atoms with Crippen LogP contribution in [0.15, 0.2) is 48.5 Å². The van der Waals surface area contributed by atoms with E-state index >= 15 is 0 Å². The lowest BCUT2D eigenvalue weighted by molar-refractivity contribution is 0.0983. The van der Waals surface area contributed by atoms with E-state index in [0.717, 1.165) is 16.9 Å². The summed E-state index contributed by atoms with van der Waals surface area (Å²) in [4.78, 5) is 12.1. The van der Waals surface area contributed by atoms with Gasteiger partial charge in [0, 0.05) is 17.4 Å². The third kappa shape index (κ3) is 3.52. The molecule has 0 amide bonds. The number of benzene rings is 2. The SMILES string of the molecule is COc1ccc(C(=O)CCc2ccccc2C=S)cc1. The lowest BCUT2D eigenvalue weighted by Gasteiger charge is -2.06. The van der Waals surface area contributed by atoms with E-state index in [-0.39, 0.29) is 5.78 Å². The zero-order valence-corrected chi connectivity index (χ0v) is 12.2. The van der Waals surface area contributed by atoms with Crippen LogP contribution in [0.2, 0.25) is 0 Å². The fraction of sp³-hybridized carbons (Fsp3) is 0.176. The van der Waals surface area contributed by atoms with Crippen molar-refractivity contribution in [3.05, 3.63) is 65.2 Å². The third-order valence-corrected chi connectivity index (χ3v) is 3.47. The van der Waals surface area contributed by atoms with Crippen LogP contribution in [0.4, 0.5) is 0 Å². The van der Waals surface area contributed by atoms with Crippen molar-refractivity contribution in [3.8, 4) is 5.75 Å². The maximum Gasteiger partial charge on any atom is 0.163 e. The number of hydrogen-bond acceptors (Lipinski definition) is 3. The van der Waals surface area contributed by atoms with Gasteiger partial charge in [-0.25, -0.2) is 0 Å². The molecule has 0 unspecified atom stereocenters. The zero-order chi connectivity index (χ0) is 14.4. The lowest BCUT2D eigenvalue weighted by atomic mass is 10.00. The Hall–Kier alpha value is -2.00. The first-order valence-corrected chi connectivity index (χ1v) is 6.92. The normalized spacial score (nSPS) is 10.1. The Kier molecular flexibility index (Phi) is 5.02. The highest BCUT2D eigenvalue weighted by Gasteiger charge is 2.07. The molecule has 0 aliphatic heterocycles. The highest BCUT2D eigenvalue weighted by Crippen LogP contribution is 2.15. The van der Waals surface area contributed by atoms with E-state index in [1.165, 1.54) is 0 Å². The number of hydrogen-bond donors (Lipinski definition) is 0. The molecule has 0 N–H and O–H groups in total. The summed E-state index contributed by atoms with van der Waals surface area (Å²) in [5.74, 6) is 0.888. The molecule has 0 bridgehead atoms. The molecule has 2 aromatic carbocycles. The molecule has 3 heteroatoms. The molecule has 20 heavy (non-hydrogen) atoms. The lowest BCUT2D eigenvalue weighted by Crippen LogP contribution is -2.02. The van der Waals surface area contributed by atoms with E-state index in [1.54, 1.807) is 36.7 Å². The van der Waals surface area contributed by atoms with E-state index < -0.39 is 0 Å². The quantitative estimate of drug-likeness (QED) is 0.595. The number of thiocarbonyl (C=S) groups is 1. The summed E-state index contributed by atoms with van der Waals surface area (Å²) in [5, 5.41) is 1.66. The second-order valence-electron chi connectivity index (χ2n) is 4.47. The smallest absolute Gasteiger partial charge is 0.163 e. The number of methoxy groups -OCH3 is 1. The Labute approximate surface area is 124 Å². The summed E-state index contributed by atoms with van der Waals surface area (Å²) in [7, 11) is 1.61. The first-order valence-electron chi connectivity index (χ1n) is 6.45. The molecule has 0 fully saturated rings. The number of carbonyl (C=O) groups is 1. The molecule has 2 aromatic rings. The molecule has 102 valence electrons. The summed E-state index contributed by atoms with van der Waals surface area (Å²) < 4.78 is 5.08. The van der Waals surface area contributed by atoms with Gasteiger partial charge in [0.15, 0.2) is 5.78 Å². The summed E-state index contributed by atoms with van der Waals surface area (Å²) in [5.41, 5.74) is 2.85. The van der Waals surface area contributed by atoms with Crippen molar-refractivity contribution >= 4 is 23.4 Å². The van der Waals surface area contributed by atoms with Crippen LogP contribution in [0.1, 0.15) is 27.9 Å². The van der Waals surface area contributed by atoms with Crippen LogP contribution in [0, 0.1) is 0 Å². The van der Waals surface area contributed by atoms with E-state index in [0.29, 0.717) is 18.4 Å². The predicted molar refractivity (Wildman–Crippen MR) is 84.8 cm³/mol. The summed E-state index contributed by atoms with van der Waals surface area (Å²) >= 11 is 4.98. The topological polar surface area (TPSA) is 26.3 Å². The fourth-order valence-corrected chi connectivity index (χ4v) is 2.28. The number of Topliss-reactive ketones (excluding diaryl/α,β-unsaturated/α-hetero) is 1. The molecule has 0 saturated carbocycles. The Bertz CT molecular complexity index is 603. The van der Waals surface area contributed by atoms with Crippen LogP contribution in [-0.4, -0.2) is 18.3 Å². The molecule has 0 aliphatic carbocycles. The van der Waals surface area contributed by atoms with E-state index in [9.17, 15) is 4.79 Å². The number of rotatable bonds is 6. The minimum Gasteiger partial charge on any atom is -0.497 e. The van der Waals surface area contributed by atoms with Crippen molar-refractivity contribution in [2.24, 2.45) is 0 Å². The largest absolute Gasteiger partial charge is 0.497 e. The standard InChI is InChI=1S/C17H16O2S/c1-19-16-9-6-14(7-10-16)17(18)11-8-13-4-2-3-5-15(13)12-20/h2-7,9-10,12H,8,11H2,1H3. The molecule has 2 rings (SSSR count). The maximum absolute atomic E-state index is 12.1. The first kappa shape index (κ1) is 14.4. The molecule has 2 nitrogen and oxygen atoms in total. The zero-order valence-electron chi connectivity index (χ0n) is 11.3. The summed E-state index contributed by atoms with van der Waals surface area (Å²) in [6, 6.07) is 15.1. The van der Waals surface area contributed by atoms with Crippen LogP contribution >= 0.6 is 12.2 Å². The minimum atomic E-state index is 0.131. The van der Waals surface area contributed by atoms with Crippen LogP contribution in [0.5, 0.6) is 5.75 Å². The van der Waals surface area contributed by atoms with Crippen molar-refractivity contribution in [2.75, 3.05) is 7.11 Å². The minimum absolute atomic E-state index is 0.131. The average Bonchev–Trinajstić information content (AvgIpc) is 2.53.